The van der Waals surface area contributed by atoms with E-state index in [0.29, 0.717) is 0 Å². The summed E-state index contributed by atoms with van der Waals surface area (Å²) in [6, 6.07) is 7.06. The monoisotopic (exact) mass is 406 g/mol. The summed E-state index contributed by atoms with van der Waals surface area (Å²) >= 11 is 0. The third-order valence-electron chi connectivity index (χ3n) is 4.09. The molecule has 5 nitrogen and oxygen atoms in total. The van der Waals surface area contributed by atoms with Crippen molar-refractivity contribution in [2.24, 2.45) is 0 Å². The van der Waals surface area contributed by atoms with Crippen LogP contribution in [-0.2, 0) is 0 Å². The van der Waals surface area contributed by atoms with Crippen LogP contribution >= 0.6 is 0 Å². The van der Waals surface area contributed by atoms with Gasteiger partial charge >= 0.3 is 0 Å². The lowest BCUT2D eigenvalue weighted by atomic mass is 9.97. The second-order valence-electron chi connectivity index (χ2n) is 5.96. The van der Waals surface area contributed by atoms with Crippen molar-refractivity contribution in [3.63, 3.8) is 0 Å². The van der Waals surface area contributed by atoms with Gasteiger partial charge in [0, 0.05) is 17.8 Å². The Morgan fingerprint density at radius 2 is 1.83 bits per heavy atom. The molecule has 0 spiro atoms. The number of hydrogen-bond donors (Lipinski definition) is 2. The van der Waals surface area contributed by atoms with Gasteiger partial charge in [0.2, 0.25) is 12.4 Å². The minimum atomic E-state index is -1.28. The molecular formula is C20H14F4N2O3. The molecule has 3 aromatic rings. The van der Waals surface area contributed by atoms with Gasteiger partial charge in [0.15, 0.2) is 11.6 Å². The van der Waals surface area contributed by atoms with Crippen molar-refractivity contribution in [2.45, 2.75) is 6.04 Å². The predicted molar refractivity (Wildman–Crippen MR) is 95.7 cm³/mol. The number of H-pyrrole nitrogens is 1. The summed E-state index contributed by atoms with van der Waals surface area (Å²) in [6.07, 6.45) is 1.15. The zero-order chi connectivity index (χ0) is 21.0. The summed E-state index contributed by atoms with van der Waals surface area (Å²) in [4.78, 5) is 26.0. The van der Waals surface area contributed by atoms with Crippen LogP contribution in [0.2, 0.25) is 0 Å². The van der Waals surface area contributed by atoms with E-state index in [1.807, 2.05) is 0 Å². The van der Waals surface area contributed by atoms with Crippen molar-refractivity contribution in [3.8, 4) is 5.75 Å². The number of rotatable bonds is 6. The molecule has 1 heterocycles. The maximum Gasteiger partial charge on any atom is 0.253 e. The lowest BCUT2D eigenvalue weighted by Crippen LogP contribution is -2.30. The van der Waals surface area contributed by atoms with Crippen molar-refractivity contribution in [1.29, 1.82) is 0 Å². The molecule has 1 atom stereocenters. The van der Waals surface area contributed by atoms with Gasteiger partial charge < -0.3 is 15.0 Å². The maximum absolute atomic E-state index is 14.4. The Balaban J connectivity index is 2.03. The van der Waals surface area contributed by atoms with E-state index in [0.717, 1.165) is 42.6 Å². The van der Waals surface area contributed by atoms with Crippen molar-refractivity contribution in [2.75, 3.05) is 6.86 Å². The van der Waals surface area contributed by atoms with Gasteiger partial charge in [0.05, 0.1) is 11.6 Å². The van der Waals surface area contributed by atoms with Gasteiger partial charge in [0.1, 0.15) is 11.6 Å². The lowest BCUT2D eigenvalue weighted by molar-refractivity contribution is 0.0942. The van der Waals surface area contributed by atoms with Crippen LogP contribution in [0.5, 0.6) is 5.75 Å². The Morgan fingerprint density at radius 1 is 1.03 bits per heavy atom. The van der Waals surface area contributed by atoms with Crippen molar-refractivity contribution < 1.29 is 27.1 Å². The molecule has 0 radical (unpaired) electrons. The van der Waals surface area contributed by atoms with Gasteiger partial charge in [-0.3, -0.25) is 9.59 Å². The number of ether oxygens (including phenoxy) is 1. The van der Waals surface area contributed by atoms with Crippen LogP contribution in [0.4, 0.5) is 17.6 Å². The average Bonchev–Trinajstić information content (AvgIpc) is 2.70. The minimum Gasteiger partial charge on any atom is -0.460 e. The first-order valence-electron chi connectivity index (χ1n) is 8.32. The Morgan fingerprint density at radius 3 is 2.48 bits per heavy atom. The van der Waals surface area contributed by atoms with E-state index in [2.05, 4.69) is 15.0 Å². The number of aromatic amines is 1. The highest BCUT2D eigenvalue weighted by atomic mass is 19.1. The number of benzene rings is 2. The van der Waals surface area contributed by atoms with E-state index in [1.54, 1.807) is 0 Å². The lowest BCUT2D eigenvalue weighted by Gasteiger charge is -2.21. The minimum absolute atomic E-state index is 0.0456. The highest BCUT2D eigenvalue weighted by Crippen LogP contribution is 2.29. The van der Waals surface area contributed by atoms with Gasteiger partial charge in [-0.15, -0.1) is 0 Å². The first-order valence-corrected chi connectivity index (χ1v) is 8.32. The van der Waals surface area contributed by atoms with Crippen molar-refractivity contribution >= 4 is 5.91 Å². The molecule has 1 aromatic heterocycles. The van der Waals surface area contributed by atoms with E-state index in [1.165, 1.54) is 12.1 Å². The Bertz CT molecular complexity index is 1080. The van der Waals surface area contributed by atoms with Crippen LogP contribution < -0.4 is 15.6 Å². The fourth-order valence-electron chi connectivity index (χ4n) is 2.72. The molecule has 0 bridgehead atoms. The van der Waals surface area contributed by atoms with Crippen LogP contribution in [0.1, 0.15) is 27.5 Å². The van der Waals surface area contributed by atoms with Crippen molar-refractivity contribution in [1.82, 2.24) is 10.3 Å². The molecule has 1 amide bonds. The van der Waals surface area contributed by atoms with E-state index < -0.39 is 41.8 Å². The third-order valence-corrected chi connectivity index (χ3v) is 4.09. The molecule has 0 saturated heterocycles. The normalized spacial score (nSPS) is 11.7. The van der Waals surface area contributed by atoms with E-state index in [-0.39, 0.29) is 22.4 Å². The molecule has 2 N–H and O–H groups in total. The van der Waals surface area contributed by atoms with E-state index in [9.17, 15) is 27.2 Å². The topological polar surface area (TPSA) is 71.2 Å². The number of aromatic nitrogens is 1. The van der Waals surface area contributed by atoms with Gasteiger partial charge in [-0.1, -0.05) is 6.07 Å². The first-order chi connectivity index (χ1) is 13.9. The first kappa shape index (κ1) is 20.1. The number of hydrogen-bond acceptors (Lipinski definition) is 3. The number of pyridine rings is 1. The Kier molecular flexibility index (Phi) is 5.96. The summed E-state index contributed by atoms with van der Waals surface area (Å²) in [5.74, 6) is -3.63. The summed E-state index contributed by atoms with van der Waals surface area (Å²) in [6.45, 7) is -1.25. The average molecular weight is 406 g/mol. The Hall–Kier alpha value is -3.62. The van der Waals surface area contributed by atoms with Gasteiger partial charge in [-0.05, 0) is 42.0 Å². The van der Waals surface area contributed by atoms with Crippen molar-refractivity contribution in [3.05, 3.63) is 99.2 Å². The van der Waals surface area contributed by atoms with Crippen LogP contribution in [0.15, 0.2) is 59.5 Å². The zero-order valence-electron chi connectivity index (χ0n) is 14.7. The largest absolute Gasteiger partial charge is 0.460 e. The molecule has 0 aliphatic heterocycles. The molecule has 1 unspecified atom stereocenters. The summed E-state index contributed by atoms with van der Waals surface area (Å²) in [5, 5.41) is 2.48. The van der Waals surface area contributed by atoms with Gasteiger partial charge in [-0.2, -0.15) is 0 Å². The number of alkyl halides is 1. The summed E-state index contributed by atoms with van der Waals surface area (Å²) < 4.78 is 59.1. The molecule has 2 aromatic carbocycles. The highest BCUT2D eigenvalue weighted by molar-refractivity contribution is 5.94. The van der Waals surface area contributed by atoms with Crippen LogP contribution in [0.25, 0.3) is 0 Å². The number of halogens is 4. The second kappa shape index (κ2) is 8.59. The molecule has 0 aliphatic rings. The fourth-order valence-corrected chi connectivity index (χ4v) is 2.72. The molecule has 150 valence electrons. The molecule has 0 saturated carbocycles. The summed E-state index contributed by atoms with van der Waals surface area (Å²) in [5.41, 5.74) is -0.568. The van der Waals surface area contributed by atoms with Crippen LogP contribution in [0.3, 0.4) is 0 Å². The smallest absolute Gasteiger partial charge is 0.253 e. The summed E-state index contributed by atoms with van der Waals surface area (Å²) in [7, 11) is 0. The van der Waals surface area contributed by atoms with Crippen LogP contribution in [0, 0.1) is 17.5 Å². The van der Waals surface area contributed by atoms with Gasteiger partial charge in [-0.25, -0.2) is 17.6 Å². The number of nitrogens with one attached hydrogen (secondary N) is 2. The van der Waals surface area contributed by atoms with E-state index >= 15 is 0 Å². The maximum atomic E-state index is 14.4. The molecular weight excluding hydrogens is 392 g/mol. The third kappa shape index (κ3) is 4.63. The molecule has 9 heteroatoms. The van der Waals surface area contributed by atoms with E-state index in [4.69, 9.17) is 0 Å². The number of carbonyl (C=O) groups excluding carboxylic acids is 1. The van der Waals surface area contributed by atoms with Crippen LogP contribution in [-0.4, -0.2) is 17.8 Å². The molecule has 0 fully saturated rings. The quantitative estimate of drug-likeness (QED) is 0.615. The highest BCUT2D eigenvalue weighted by Gasteiger charge is 2.23. The predicted octanol–water partition coefficient (Wildman–Crippen LogP) is 3.62. The molecule has 29 heavy (non-hydrogen) atoms. The zero-order valence-corrected chi connectivity index (χ0v) is 14.7. The molecule has 0 aliphatic carbocycles. The molecule has 3 rings (SSSR count). The number of amides is 1. The SMILES string of the molecule is O=C(NC(c1ccc(OCF)c(F)c1)c1cc(F)ccc1F)c1ccc(=O)[nH]c1. The fraction of sp³-hybridized carbons (Fsp3) is 0.100. The van der Waals surface area contributed by atoms with Gasteiger partial charge in [0.25, 0.3) is 5.91 Å². The second-order valence-corrected chi connectivity index (χ2v) is 5.96. The number of carbonyl (C=O) groups is 1. The Labute approximate surface area is 162 Å². The standard InChI is InChI=1S/C20H14F4N2O3/c21-10-29-17-5-1-11(7-16(17)24)19(14-8-13(22)3-4-15(14)23)26-20(28)12-2-6-18(27)25-9-12/h1-9,19H,10H2,(H,25,27)(H,26,28).